The van der Waals surface area contributed by atoms with Crippen LogP contribution in [0.25, 0.3) is 16.1 Å². The zero-order chi connectivity index (χ0) is 10.7. The normalized spacial score (nSPS) is 12.3. The summed E-state index contributed by atoms with van der Waals surface area (Å²) in [5.41, 5.74) is 9.46. The van der Waals surface area contributed by atoms with Crippen LogP contribution in [0, 0.1) is 0 Å². The first kappa shape index (κ1) is 9.45. The van der Waals surface area contributed by atoms with Crippen molar-refractivity contribution in [2.24, 2.45) is 5.11 Å². The lowest BCUT2D eigenvalue weighted by Crippen LogP contribution is -2.01. The van der Waals surface area contributed by atoms with Gasteiger partial charge in [-0.15, -0.1) is 0 Å². The van der Waals surface area contributed by atoms with Crippen LogP contribution in [-0.4, -0.2) is 26.3 Å². The van der Waals surface area contributed by atoms with Crippen LogP contribution in [0.15, 0.2) is 29.6 Å². The number of rotatable bonds is 3. The van der Waals surface area contributed by atoms with E-state index in [9.17, 15) is 0 Å². The molecule has 0 saturated heterocycles. The molecule has 0 radical (unpaired) electrons. The smallest absolute Gasteiger partial charge is 0.155 e. The van der Waals surface area contributed by atoms with Gasteiger partial charge >= 0.3 is 0 Å². The number of hydrogen-bond donors (Lipinski definition) is 1. The van der Waals surface area contributed by atoms with Crippen molar-refractivity contribution in [3.8, 4) is 0 Å². The second kappa shape index (κ2) is 3.95. The summed E-state index contributed by atoms with van der Waals surface area (Å²) in [6.45, 7) is -0.270. The lowest BCUT2D eigenvalue weighted by Gasteiger charge is -2.00. The molecule has 0 aliphatic heterocycles. The van der Waals surface area contributed by atoms with E-state index in [2.05, 4.69) is 20.1 Å². The first-order valence-corrected chi connectivity index (χ1v) is 4.30. The first-order chi connectivity index (χ1) is 7.35. The predicted molar refractivity (Wildman–Crippen MR) is 52.0 cm³/mol. The van der Waals surface area contributed by atoms with Gasteiger partial charge in [-0.1, -0.05) is 5.11 Å². The third-order valence-corrected chi connectivity index (χ3v) is 1.96. The van der Waals surface area contributed by atoms with Crippen molar-refractivity contribution in [2.45, 2.75) is 6.04 Å². The summed E-state index contributed by atoms with van der Waals surface area (Å²) in [4.78, 5) is 6.71. The van der Waals surface area contributed by atoms with E-state index in [0.717, 1.165) is 0 Å². The molecule has 2 rings (SSSR count). The van der Waals surface area contributed by atoms with E-state index in [1.54, 1.807) is 29.0 Å². The van der Waals surface area contributed by atoms with Gasteiger partial charge in [-0.05, 0) is 11.6 Å². The van der Waals surface area contributed by atoms with E-state index in [0.29, 0.717) is 11.3 Å². The molecular formula is C8H8N6O. The van der Waals surface area contributed by atoms with Crippen molar-refractivity contribution in [1.82, 2.24) is 14.6 Å². The van der Waals surface area contributed by atoms with Gasteiger partial charge in [-0.3, -0.25) is 0 Å². The summed E-state index contributed by atoms with van der Waals surface area (Å²) in [5.74, 6) is 0. The van der Waals surface area contributed by atoms with Crippen molar-refractivity contribution >= 4 is 5.65 Å². The minimum Gasteiger partial charge on any atom is -0.396 e. The van der Waals surface area contributed by atoms with E-state index < -0.39 is 6.04 Å². The lowest BCUT2D eigenvalue weighted by molar-refractivity contribution is 0.265. The van der Waals surface area contributed by atoms with Crippen LogP contribution >= 0.6 is 0 Å². The third-order valence-electron chi connectivity index (χ3n) is 1.96. The van der Waals surface area contributed by atoms with Gasteiger partial charge in [0.1, 0.15) is 6.04 Å². The first-order valence-electron chi connectivity index (χ1n) is 4.30. The van der Waals surface area contributed by atoms with Crippen LogP contribution < -0.4 is 0 Å². The van der Waals surface area contributed by atoms with Gasteiger partial charge in [0.15, 0.2) is 5.65 Å². The Morgan fingerprint density at radius 1 is 1.67 bits per heavy atom. The molecular weight excluding hydrogens is 196 g/mol. The molecule has 0 aliphatic rings. The minimum atomic E-state index is -0.656. The highest BCUT2D eigenvalue weighted by atomic mass is 16.3. The molecule has 7 nitrogen and oxygen atoms in total. The van der Waals surface area contributed by atoms with Crippen LogP contribution in [0.2, 0.25) is 0 Å². The molecule has 2 aromatic rings. The number of aliphatic hydroxyl groups excluding tert-OH is 1. The maximum atomic E-state index is 9.00. The van der Waals surface area contributed by atoms with Crippen LogP contribution in [0.5, 0.6) is 0 Å². The Morgan fingerprint density at radius 3 is 3.20 bits per heavy atom. The number of nitrogens with zero attached hydrogens (tertiary/aromatic N) is 6. The lowest BCUT2D eigenvalue weighted by atomic mass is 10.2. The van der Waals surface area contributed by atoms with E-state index in [1.807, 2.05) is 0 Å². The molecule has 0 fully saturated rings. The van der Waals surface area contributed by atoms with Crippen LogP contribution in [0.3, 0.4) is 0 Å². The zero-order valence-corrected chi connectivity index (χ0v) is 7.72. The Morgan fingerprint density at radius 2 is 2.53 bits per heavy atom. The summed E-state index contributed by atoms with van der Waals surface area (Å²) in [6, 6.07) is 2.76. The molecule has 0 aliphatic carbocycles. The molecule has 1 unspecified atom stereocenters. The summed E-state index contributed by atoms with van der Waals surface area (Å²) in [7, 11) is 0. The van der Waals surface area contributed by atoms with Gasteiger partial charge in [-0.2, -0.15) is 5.10 Å². The summed E-state index contributed by atoms with van der Waals surface area (Å²) in [6.07, 6.45) is 3.37. The van der Waals surface area contributed by atoms with Gasteiger partial charge in [0.25, 0.3) is 0 Å². The number of hydrogen-bond acceptors (Lipinski definition) is 4. The van der Waals surface area contributed by atoms with Crippen LogP contribution in [0.4, 0.5) is 0 Å². The van der Waals surface area contributed by atoms with Gasteiger partial charge < -0.3 is 5.11 Å². The van der Waals surface area contributed by atoms with Crippen molar-refractivity contribution in [3.63, 3.8) is 0 Å². The fourth-order valence-electron chi connectivity index (χ4n) is 1.26. The predicted octanol–water partition coefficient (Wildman–Crippen LogP) is 1.07. The monoisotopic (exact) mass is 204 g/mol. The van der Waals surface area contributed by atoms with E-state index in [-0.39, 0.29) is 6.61 Å². The van der Waals surface area contributed by atoms with Crippen molar-refractivity contribution in [2.75, 3.05) is 6.61 Å². The highest BCUT2D eigenvalue weighted by Gasteiger charge is 2.12. The molecule has 1 atom stereocenters. The standard InChI is InChI=1S/C8H8N6O/c9-13-11-7(5-15)6-4-8-10-2-1-3-14(8)12-6/h1-4,7,15H,5H2. The van der Waals surface area contributed by atoms with Gasteiger partial charge in [0, 0.05) is 23.4 Å². The molecule has 0 spiro atoms. The second-order valence-corrected chi connectivity index (χ2v) is 2.89. The summed E-state index contributed by atoms with van der Waals surface area (Å²) in [5, 5.41) is 16.6. The third kappa shape index (κ3) is 1.74. The van der Waals surface area contributed by atoms with Crippen LogP contribution in [0.1, 0.15) is 11.7 Å². The molecule has 2 aromatic heterocycles. The van der Waals surface area contributed by atoms with E-state index in [4.69, 9.17) is 10.6 Å². The van der Waals surface area contributed by atoms with Crippen molar-refractivity contribution in [3.05, 3.63) is 40.7 Å². The highest BCUT2D eigenvalue weighted by Crippen LogP contribution is 2.16. The van der Waals surface area contributed by atoms with Crippen molar-refractivity contribution in [1.29, 1.82) is 0 Å². The summed E-state index contributed by atoms with van der Waals surface area (Å²) >= 11 is 0. The Labute approximate surface area is 84.6 Å². The number of azide groups is 1. The largest absolute Gasteiger partial charge is 0.396 e. The van der Waals surface area contributed by atoms with Crippen molar-refractivity contribution < 1.29 is 5.11 Å². The van der Waals surface area contributed by atoms with E-state index >= 15 is 0 Å². The molecule has 7 heteroatoms. The molecule has 0 amide bonds. The van der Waals surface area contributed by atoms with Gasteiger partial charge in [-0.25, -0.2) is 9.50 Å². The summed E-state index contributed by atoms with van der Waals surface area (Å²) < 4.78 is 1.56. The Kier molecular flexibility index (Phi) is 2.49. The number of fused-ring (bicyclic) bond motifs is 1. The Bertz CT molecular complexity index is 482. The average molecular weight is 204 g/mol. The maximum Gasteiger partial charge on any atom is 0.155 e. The highest BCUT2D eigenvalue weighted by molar-refractivity contribution is 5.39. The maximum absolute atomic E-state index is 9.00. The fraction of sp³-hybridized carbons (Fsp3) is 0.250. The SMILES string of the molecule is [N-]=[N+]=NC(CO)c1cc2ncccn2n1. The second-order valence-electron chi connectivity index (χ2n) is 2.89. The molecule has 15 heavy (non-hydrogen) atoms. The number of aromatic nitrogens is 3. The molecule has 0 bridgehead atoms. The molecule has 0 aromatic carbocycles. The molecule has 76 valence electrons. The molecule has 1 N–H and O–H groups in total. The Hall–Kier alpha value is -2.11. The van der Waals surface area contributed by atoms with Gasteiger partial charge in [0.05, 0.1) is 12.3 Å². The van der Waals surface area contributed by atoms with Gasteiger partial charge in [0.2, 0.25) is 0 Å². The number of aliphatic hydroxyl groups is 1. The zero-order valence-electron chi connectivity index (χ0n) is 7.72. The van der Waals surface area contributed by atoms with E-state index in [1.165, 1.54) is 0 Å². The average Bonchev–Trinajstić information content (AvgIpc) is 2.69. The fourth-order valence-corrected chi connectivity index (χ4v) is 1.26. The molecule has 2 heterocycles. The Balaban J connectivity index is 2.47. The quantitative estimate of drug-likeness (QED) is 0.459. The molecule has 0 saturated carbocycles. The minimum absolute atomic E-state index is 0.270. The van der Waals surface area contributed by atoms with Crippen LogP contribution in [-0.2, 0) is 0 Å². The topological polar surface area (TPSA) is 99.2 Å².